The number of nitrogens with one attached hydrogen (secondary N) is 1. The molecule has 1 unspecified atom stereocenters. The summed E-state index contributed by atoms with van der Waals surface area (Å²) in [6.45, 7) is 9.00. The van der Waals surface area contributed by atoms with Crippen molar-refractivity contribution in [3.8, 4) is 0 Å². The first kappa shape index (κ1) is 15.6. The first-order chi connectivity index (χ1) is 10.3. The number of nitrogens with zero attached hydrogens (tertiary/aromatic N) is 2. The number of anilines is 1. The van der Waals surface area contributed by atoms with Gasteiger partial charge in [-0.05, 0) is 32.2 Å². The molecule has 1 N–H and O–H groups in total. The molecule has 118 valence electrons. The quantitative estimate of drug-likeness (QED) is 0.771. The number of aromatic nitrogens is 1. The number of rotatable bonds is 7. The Labute approximate surface area is 136 Å². The lowest BCUT2D eigenvalue weighted by molar-refractivity contribution is 0.676. The maximum absolute atomic E-state index is 5.04. The fourth-order valence-corrected chi connectivity index (χ4v) is 5.14. The van der Waals surface area contributed by atoms with Crippen LogP contribution in [0.5, 0.6) is 0 Å². The van der Waals surface area contributed by atoms with Crippen molar-refractivity contribution >= 4 is 28.2 Å². The molecular formula is C16H27N3S2. The Balaban J connectivity index is 1.71. The second-order valence-electron chi connectivity index (χ2n) is 6.10. The van der Waals surface area contributed by atoms with Crippen LogP contribution in [-0.4, -0.2) is 35.6 Å². The van der Waals surface area contributed by atoms with E-state index in [4.69, 9.17) is 4.98 Å². The van der Waals surface area contributed by atoms with Gasteiger partial charge in [0.05, 0.1) is 5.69 Å². The van der Waals surface area contributed by atoms with E-state index in [0.29, 0.717) is 0 Å². The Morgan fingerprint density at radius 3 is 2.90 bits per heavy atom. The average molecular weight is 326 g/mol. The number of thiazole rings is 1. The third kappa shape index (κ3) is 3.93. The van der Waals surface area contributed by atoms with Gasteiger partial charge in [-0.15, -0.1) is 11.3 Å². The minimum atomic E-state index is 0.759. The van der Waals surface area contributed by atoms with Gasteiger partial charge < -0.3 is 10.2 Å². The van der Waals surface area contributed by atoms with Crippen LogP contribution in [0.2, 0.25) is 0 Å². The van der Waals surface area contributed by atoms with Crippen LogP contribution in [0.1, 0.15) is 56.0 Å². The fourth-order valence-electron chi connectivity index (χ4n) is 2.81. The minimum Gasteiger partial charge on any atom is -0.346 e. The summed E-state index contributed by atoms with van der Waals surface area (Å²) in [6.07, 6.45) is 5.16. The van der Waals surface area contributed by atoms with E-state index in [1.807, 2.05) is 11.3 Å². The molecule has 3 rings (SSSR count). The van der Waals surface area contributed by atoms with E-state index >= 15 is 0 Å². The van der Waals surface area contributed by atoms with E-state index in [1.165, 1.54) is 60.2 Å². The minimum absolute atomic E-state index is 0.759. The summed E-state index contributed by atoms with van der Waals surface area (Å²) in [5.41, 5.74) is 1.41. The molecule has 1 saturated carbocycles. The summed E-state index contributed by atoms with van der Waals surface area (Å²) < 4.78 is 0. The largest absolute Gasteiger partial charge is 0.346 e. The highest BCUT2D eigenvalue weighted by atomic mass is 32.2. The van der Waals surface area contributed by atoms with Crippen molar-refractivity contribution < 1.29 is 0 Å². The number of hydrogen-bond donors (Lipinski definition) is 1. The van der Waals surface area contributed by atoms with Crippen molar-refractivity contribution in [1.29, 1.82) is 0 Å². The van der Waals surface area contributed by atoms with E-state index in [0.717, 1.165) is 24.3 Å². The molecule has 0 radical (unpaired) electrons. The van der Waals surface area contributed by atoms with Gasteiger partial charge in [0.15, 0.2) is 5.13 Å². The molecule has 2 heterocycles. The summed E-state index contributed by atoms with van der Waals surface area (Å²) in [6, 6.07) is 0. The molecule has 2 aliphatic rings. The Kier molecular flexibility index (Phi) is 5.46. The molecule has 1 aromatic rings. The van der Waals surface area contributed by atoms with Crippen LogP contribution in [0.25, 0.3) is 0 Å². The molecule has 21 heavy (non-hydrogen) atoms. The molecule has 5 heteroatoms. The van der Waals surface area contributed by atoms with E-state index in [9.17, 15) is 0 Å². The van der Waals surface area contributed by atoms with Gasteiger partial charge in [0.25, 0.3) is 0 Å². The van der Waals surface area contributed by atoms with Crippen molar-refractivity contribution in [2.45, 2.75) is 57.2 Å². The van der Waals surface area contributed by atoms with Gasteiger partial charge in [-0.1, -0.05) is 13.8 Å². The van der Waals surface area contributed by atoms with Gasteiger partial charge in [-0.25, -0.2) is 4.98 Å². The first-order valence-electron chi connectivity index (χ1n) is 8.38. The zero-order valence-corrected chi connectivity index (χ0v) is 14.9. The predicted octanol–water partition coefficient (Wildman–Crippen LogP) is 3.85. The maximum atomic E-state index is 5.04. The third-order valence-corrected chi connectivity index (χ3v) is 6.76. The molecule has 3 nitrogen and oxygen atoms in total. The second kappa shape index (κ2) is 7.34. The fraction of sp³-hybridized carbons (Fsp3) is 0.812. The Morgan fingerprint density at radius 2 is 2.19 bits per heavy atom. The van der Waals surface area contributed by atoms with Gasteiger partial charge in [0.2, 0.25) is 0 Å². The van der Waals surface area contributed by atoms with Gasteiger partial charge in [-0.2, -0.15) is 11.8 Å². The lowest BCUT2D eigenvalue weighted by Crippen LogP contribution is -2.37. The van der Waals surface area contributed by atoms with Crippen molar-refractivity contribution in [3.05, 3.63) is 10.6 Å². The summed E-state index contributed by atoms with van der Waals surface area (Å²) in [7, 11) is 0. The molecule has 0 spiro atoms. The van der Waals surface area contributed by atoms with Crippen LogP contribution in [0.15, 0.2) is 0 Å². The van der Waals surface area contributed by atoms with Crippen LogP contribution < -0.4 is 10.2 Å². The summed E-state index contributed by atoms with van der Waals surface area (Å²) >= 11 is 4.07. The van der Waals surface area contributed by atoms with Crippen LogP contribution in [0.4, 0.5) is 5.13 Å². The lowest BCUT2D eigenvalue weighted by Gasteiger charge is -2.31. The zero-order chi connectivity index (χ0) is 14.7. The summed E-state index contributed by atoms with van der Waals surface area (Å²) in [4.78, 5) is 9.06. The van der Waals surface area contributed by atoms with Crippen molar-refractivity contribution in [1.82, 2.24) is 10.3 Å². The topological polar surface area (TPSA) is 28.2 Å². The first-order valence-corrected chi connectivity index (χ1v) is 10.2. The normalized spacial score (nSPS) is 22.8. The van der Waals surface area contributed by atoms with Gasteiger partial charge in [0, 0.05) is 41.4 Å². The average Bonchev–Trinajstić information content (AvgIpc) is 3.28. The lowest BCUT2D eigenvalue weighted by atomic mass is 10.2. The van der Waals surface area contributed by atoms with E-state index in [2.05, 4.69) is 35.8 Å². The molecule has 0 aromatic carbocycles. The summed E-state index contributed by atoms with van der Waals surface area (Å²) in [5, 5.41) is 5.63. The van der Waals surface area contributed by atoms with Crippen LogP contribution in [-0.2, 0) is 6.54 Å². The highest BCUT2D eigenvalue weighted by Crippen LogP contribution is 2.44. The molecule has 1 atom stereocenters. The zero-order valence-electron chi connectivity index (χ0n) is 13.2. The Morgan fingerprint density at radius 1 is 1.33 bits per heavy atom. The summed E-state index contributed by atoms with van der Waals surface area (Å²) in [5.74, 6) is 2.01. The highest BCUT2D eigenvalue weighted by molar-refractivity contribution is 8.00. The standard InChI is InChI=1S/C16H27N3S2/c1-3-7-17-10-14-15(12-5-6-12)18-16(21-14)19-8-9-20-13(4-2)11-19/h12-13,17H,3-11H2,1-2H3. The predicted molar refractivity (Wildman–Crippen MR) is 94.8 cm³/mol. The van der Waals surface area contributed by atoms with E-state index in [1.54, 1.807) is 0 Å². The Bertz CT molecular complexity index is 456. The molecule has 1 saturated heterocycles. The van der Waals surface area contributed by atoms with Crippen LogP contribution >= 0.6 is 23.1 Å². The van der Waals surface area contributed by atoms with Gasteiger partial charge in [0.1, 0.15) is 0 Å². The second-order valence-corrected chi connectivity index (χ2v) is 8.57. The molecule has 2 fully saturated rings. The van der Waals surface area contributed by atoms with Gasteiger partial charge in [-0.3, -0.25) is 0 Å². The van der Waals surface area contributed by atoms with Crippen LogP contribution in [0.3, 0.4) is 0 Å². The van der Waals surface area contributed by atoms with Crippen molar-refractivity contribution in [2.24, 2.45) is 0 Å². The third-order valence-electron chi connectivity index (χ3n) is 4.26. The highest BCUT2D eigenvalue weighted by Gasteiger charge is 2.31. The molecule has 0 amide bonds. The maximum Gasteiger partial charge on any atom is 0.185 e. The van der Waals surface area contributed by atoms with E-state index < -0.39 is 0 Å². The van der Waals surface area contributed by atoms with Crippen molar-refractivity contribution in [3.63, 3.8) is 0 Å². The molecule has 1 aliphatic carbocycles. The molecule has 0 bridgehead atoms. The molecule has 1 aliphatic heterocycles. The van der Waals surface area contributed by atoms with Gasteiger partial charge >= 0.3 is 0 Å². The van der Waals surface area contributed by atoms with Crippen LogP contribution in [0, 0.1) is 0 Å². The SMILES string of the molecule is CCCNCc1sc(N2CCSC(CC)C2)nc1C1CC1. The molecule has 1 aromatic heterocycles. The number of thioether (sulfide) groups is 1. The smallest absolute Gasteiger partial charge is 0.185 e. The monoisotopic (exact) mass is 325 g/mol. The van der Waals surface area contributed by atoms with E-state index in [-0.39, 0.29) is 0 Å². The number of hydrogen-bond acceptors (Lipinski definition) is 5. The Hall–Kier alpha value is -0.260. The molecular weight excluding hydrogens is 298 g/mol. The van der Waals surface area contributed by atoms with Crippen molar-refractivity contribution in [2.75, 3.05) is 30.3 Å².